The Morgan fingerprint density at radius 3 is 2.18 bits per heavy atom. The van der Waals surface area contributed by atoms with Crippen LogP contribution < -0.4 is 10.6 Å². The molecule has 1 aliphatic carbocycles. The van der Waals surface area contributed by atoms with E-state index >= 15 is 0 Å². The summed E-state index contributed by atoms with van der Waals surface area (Å²) in [4.78, 5) is 17.9. The molecule has 1 aliphatic heterocycles. The van der Waals surface area contributed by atoms with E-state index in [1.165, 1.54) is 46.8 Å². The zero-order valence-electron chi connectivity index (χ0n) is 22.2. The lowest BCUT2D eigenvalue weighted by Crippen LogP contribution is -2.50. The van der Waals surface area contributed by atoms with Crippen LogP contribution in [0.4, 0.5) is 10.8 Å². The monoisotopic (exact) mass is 656 g/mol. The number of hydrogen-bond acceptors (Lipinski definition) is 7. The number of anilines is 2. The maximum Gasteiger partial charge on any atom is 0.180 e. The predicted octanol–water partition coefficient (Wildman–Crippen LogP) is 6.29. The molecule has 0 radical (unpaired) electrons. The van der Waals surface area contributed by atoms with Crippen molar-refractivity contribution in [3.8, 4) is 11.1 Å². The lowest BCUT2D eigenvalue weighted by atomic mass is 9.96. The van der Waals surface area contributed by atoms with Gasteiger partial charge in [0.25, 0.3) is 0 Å². The largest absolute Gasteiger partial charge is 0.375 e. The fourth-order valence-corrected chi connectivity index (χ4v) is 6.31. The van der Waals surface area contributed by atoms with Crippen molar-refractivity contribution in [2.75, 3.05) is 56.4 Å². The SMILES string of the molecule is CCCN(CCN1CCN(c2ccc(-c3ccncc3)cc2)CC1)[C@H]1CCc2nc(N)sc2C1.Cl.Cl.Cl.Cl.Cl. The summed E-state index contributed by atoms with van der Waals surface area (Å²) in [6.45, 7) is 10.2. The first kappa shape index (κ1) is 38.0. The van der Waals surface area contributed by atoms with Gasteiger partial charge in [-0.1, -0.05) is 19.1 Å². The summed E-state index contributed by atoms with van der Waals surface area (Å²) in [5.74, 6) is 0. The highest BCUT2D eigenvalue weighted by Gasteiger charge is 2.27. The van der Waals surface area contributed by atoms with E-state index in [-0.39, 0.29) is 62.0 Å². The fraction of sp³-hybridized carbons (Fsp3) is 0.481. The van der Waals surface area contributed by atoms with Gasteiger partial charge < -0.3 is 10.6 Å². The molecule has 5 rings (SSSR count). The molecule has 0 spiro atoms. The number of aromatic nitrogens is 2. The van der Waals surface area contributed by atoms with Crippen LogP contribution in [0.2, 0.25) is 0 Å². The summed E-state index contributed by atoms with van der Waals surface area (Å²) in [5.41, 5.74) is 11.0. The van der Waals surface area contributed by atoms with Crippen LogP contribution in [-0.2, 0) is 12.8 Å². The second-order valence-corrected chi connectivity index (χ2v) is 10.6. The maximum absolute atomic E-state index is 5.96. The Hall–Kier alpha value is -1.03. The molecule has 12 heteroatoms. The Labute approximate surface area is 268 Å². The van der Waals surface area contributed by atoms with Gasteiger partial charge >= 0.3 is 0 Å². The van der Waals surface area contributed by atoms with Crippen molar-refractivity contribution in [1.29, 1.82) is 0 Å². The molecule has 6 nitrogen and oxygen atoms in total. The van der Waals surface area contributed by atoms with E-state index in [0.717, 1.165) is 57.2 Å². The molecule has 0 bridgehead atoms. The molecule has 1 aromatic carbocycles. The fourth-order valence-electron chi connectivity index (χ4n) is 5.36. The van der Waals surface area contributed by atoms with Crippen LogP contribution in [0.5, 0.6) is 0 Å². The molecule has 0 saturated carbocycles. The van der Waals surface area contributed by atoms with Crippen molar-refractivity contribution in [2.24, 2.45) is 0 Å². The maximum atomic E-state index is 5.96. The average molecular weight is 659 g/mol. The van der Waals surface area contributed by atoms with Crippen molar-refractivity contribution < 1.29 is 0 Å². The number of fused-ring (bicyclic) bond motifs is 1. The number of aryl methyl sites for hydroxylation is 1. The molecule has 0 unspecified atom stereocenters. The van der Waals surface area contributed by atoms with Crippen LogP contribution in [0.25, 0.3) is 11.1 Å². The van der Waals surface area contributed by atoms with Gasteiger partial charge in [0.15, 0.2) is 5.13 Å². The number of thiazole rings is 1. The van der Waals surface area contributed by atoms with Crippen LogP contribution in [-0.4, -0.2) is 71.6 Å². The van der Waals surface area contributed by atoms with E-state index in [2.05, 4.69) is 68.0 Å². The second kappa shape index (κ2) is 18.4. The number of pyridine rings is 1. The Balaban J connectivity index is 0.00000289. The Bertz CT molecular complexity index is 1060. The number of piperazine rings is 1. The van der Waals surface area contributed by atoms with E-state index in [1.807, 2.05) is 12.4 Å². The Kier molecular flexibility index (Phi) is 17.9. The van der Waals surface area contributed by atoms with E-state index in [9.17, 15) is 0 Å². The highest BCUT2D eigenvalue weighted by molar-refractivity contribution is 7.15. The summed E-state index contributed by atoms with van der Waals surface area (Å²) in [6, 6.07) is 13.7. The van der Waals surface area contributed by atoms with Gasteiger partial charge in [-0.3, -0.25) is 14.8 Å². The summed E-state index contributed by atoms with van der Waals surface area (Å²) < 4.78 is 0. The molecule has 1 saturated heterocycles. The average Bonchev–Trinajstić information content (AvgIpc) is 3.27. The first-order valence-electron chi connectivity index (χ1n) is 12.7. The quantitative estimate of drug-likeness (QED) is 0.307. The summed E-state index contributed by atoms with van der Waals surface area (Å²) in [6.07, 6.45) is 8.31. The van der Waals surface area contributed by atoms with E-state index in [0.29, 0.717) is 6.04 Å². The van der Waals surface area contributed by atoms with E-state index in [1.54, 1.807) is 11.3 Å². The number of halogens is 5. The zero-order chi connectivity index (χ0) is 23.3. The highest BCUT2D eigenvalue weighted by Crippen LogP contribution is 2.30. The molecular formula is C27H41Cl5N6S. The third-order valence-corrected chi connectivity index (χ3v) is 8.23. The van der Waals surface area contributed by atoms with Crippen LogP contribution >= 0.6 is 73.4 Å². The molecule has 2 aliphatic rings. The Morgan fingerprint density at radius 1 is 0.897 bits per heavy atom. The molecular weight excluding hydrogens is 618 g/mol. The molecule has 220 valence electrons. The van der Waals surface area contributed by atoms with Crippen molar-refractivity contribution in [2.45, 2.75) is 38.6 Å². The molecule has 1 atom stereocenters. The zero-order valence-corrected chi connectivity index (χ0v) is 27.1. The number of benzene rings is 1. The van der Waals surface area contributed by atoms with Crippen molar-refractivity contribution in [1.82, 2.24) is 19.8 Å². The van der Waals surface area contributed by atoms with Gasteiger partial charge in [-0.25, -0.2) is 4.98 Å². The minimum Gasteiger partial charge on any atom is -0.375 e. The van der Waals surface area contributed by atoms with E-state index < -0.39 is 0 Å². The first-order valence-corrected chi connectivity index (χ1v) is 13.5. The van der Waals surface area contributed by atoms with Gasteiger partial charge in [0.2, 0.25) is 0 Å². The van der Waals surface area contributed by atoms with Crippen LogP contribution in [0.15, 0.2) is 48.8 Å². The summed E-state index contributed by atoms with van der Waals surface area (Å²) in [5, 5.41) is 0.734. The van der Waals surface area contributed by atoms with Gasteiger partial charge in [0.1, 0.15) is 0 Å². The minimum atomic E-state index is 0. The normalized spacial score (nSPS) is 16.5. The van der Waals surface area contributed by atoms with E-state index in [4.69, 9.17) is 5.73 Å². The number of hydrogen-bond donors (Lipinski definition) is 1. The van der Waals surface area contributed by atoms with Gasteiger partial charge in [0.05, 0.1) is 5.69 Å². The molecule has 1 fully saturated rings. The van der Waals surface area contributed by atoms with Gasteiger partial charge in [0, 0.05) is 68.3 Å². The molecule has 3 heterocycles. The topological polar surface area (TPSA) is 61.5 Å². The lowest BCUT2D eigenvalue weighted by Gasteiger charge is -2.39. The molecule has 39 heavy (non-hydrogen) atoms. The first-order chi connectivity index (χ1) is 16.7. The number of nitrogens with zero attached hydrogens (tertiary/aromatic N) is 5. The third-order valence-electron chi connectivity index (χ3n) is 7.28. The van der Waals surface area contributed by atoms with Gasteiger partial charge in [-0.2, -0.15) is 0 Å². The molecule has 2 N–H and O–H groups in total. The standard InChI is InChI=1S/C27H36N6S.5ClH/c1-2-13-32(24-7-8-25-26(20-24)34-27(28)30-25)17-14-31-15-18-33(19-16-31)23-5-3-21(4-6-23)22-9-11-29-12-10-22;;;;;/h3-6,9-12,24H,2,7-8,13-20H2,1H3,(H2,28,30);5*1H/t24-;;;;;/m0...../s1. The Morgan fingerprint density at radius 2 is 1.54 bits per heavy atom. The highest BCUT2D eigenvalue weighted by atomic mass is 35.5. The number of nitrogens with two attached hydrogens (primary N) is 1. The van der Waals surface area contributed by atoms with Crippen molar-refractivity contribution in [3.63, 3.8) is 0 Å². The van der Waals surface area contributed by atoms with Crippen LogP contribution in [0.3, 0.4) is 0 Å². The molecule has 0 amide bonds. The summed E-state index contributed by atoms with van der Waals surface area (Å²) >= 11 is 1.69. The van der Waals surface area contributed by atoms with Crippen LogP contribution in [0.1, 0.15) is 30.3 Å². The third kappa shape index (κ3) is 9.79. The minimum absolute atomic E-state index is 0. The van der Waals surface area contributed by atoms with Crippen LogP contribution in [0, 0.1) is 0 Å². The second-order valence-electron chi connectivity index (χ2n) is 9.47. The van der Waals surface area contributed by atoms with Gasteiger partial charge in [-0.15, -0.1) is 73.4 Å². The van der Waals surface area contributed by atoms with Gasteiger partial charge in [-0.05, 0) is 67.6 Å². The number of nitrogen functional groups attached to an aromatic ring is 1. The molecule has 2 aromatic heterocycles. The lowest BCUT2D eigenvalue weighted by molar-refractivity contribution is 0.146. The predicted molar refractivity (Wildman–Crippen MR) is 179 cm³/mol. The molecule has 3 aromatic rings. The van der Waals surface area contributed by atoms with Crippen molar-refractivity contribution in [3.05, 3.63) is 59.4 Å². The van der Waals surface area contributed by atoms with Crippen molar-refractivity contribution >= 4 is 84.2 Å². The smallest absolute Gasteiger partial charge is 0.180 e. The summed E-state index contributed by atoms with van der Waals surface area (Å²) in [7, 11) is 0. The number of rotatable bonds is 8.